The van der Waals surface area contributed by atoms with Crippen molar-refractivity contribution in [3.05, 3.63) is 24.0 Å². The van der Waals surface area contributed by atoms with Crippen molar-refractivity contribution in [1.82, 2.24) is 15.2 Å². The molecule has 3 heteroatoms. The van der Waals surface area contributed by atoms with E-state index in [1.54, 1.807) is 0 Å². The van der Waals surface area contributed by atoms with Crippen molar-refractivity contribution in [2.45, 2.75) is 19.8 Å². The average Bonchev–Trinajstić information content (AvgIpc) is 2.53. The number of H-pyrrole nitrogens is 1. The first-order valence-electron chi connectivity index (χ1n) is 4.18. The highest BCUT2D eigenvalue weighted by atomic mass is 15.1. The third kappa shape index (κ3) is 1.07. The van der Waals surface area contributed by atoms with Crippen LogP contribution < -0.4 is 0 Å². The highest BCUT2D eigenvalue weighted by molar-refractivity contribution is 5.77. The van der Waals surface area contributed by atoms with Crippen molar-refractivity contribution < 1.29 is 0 Å². The first kappa shape index (κ1) is 7.28. The molecule has 3 nitrogen and oxygen atoms in total. The van der Waals surface area contributed by atoms with Gasteiger partial charge in [0.1, 0.15) is 0 Å². The summed E-state index contributed by atoms with van der Waals surface area (Å²) < 4.78 is 0. The van der Waals surface area contributed by atoms with E-state index in [9.17, 15) is 0 Å². The minimum atomic E-state index is 0.890. The van der Waals surface area contributed by atoms with Crippen LogP contribution in [0.25, 0.3) is 11.0 Å². The predicted octanol–water partition coefficient (Wildman–Crippen LogP) is 1.91. The minimum absolute atomic E-state index is 0.890. The summed E-state index contributed by atoms with van der Waals surface area (Å²) in [5.74, 6) is 0. The fraction of sp³-hybridized carbons (Fsp3) is 0.333. The lowest BCUT2D eigenvalue weighted by atomic mass is 10.1. The standard InChI is InChI=1S/C9H11N3/c1-2-3-7-4-5-10-9-8(7)6-11-12-9/h4-6H,2-3H2,1H3,(H,10,11,12). The van der Waals surface area contributed by atoms with Gasteiger partial charge in [0.05, 0.1) is 6.20 Å². The maximum absolute atomic E-state index is 4.17. The van der Waals surface area contributed by atoms with Gasteiger partial charge in [0, 0.05) is 11.6 Å². The molecule has 2 aromatic heterocycles. The van der Waals surface area contributed by atoms with E-state index >= 15 is 0 Å². The summed E-state index contributed by atoms with van der Waals surface area (Å²) >= 11 is 0. The normalized spacial score (nSPS) is 10.8. The Morgan fingerprint density at radius 3 is 3.25 bits per heavy atom. The van der Waals surface area contributed by atoms with Gasteiger partial charge < -0.3 is 0 Å². The molecule has 12 heavy (non-hydrogen) atoms. The van der Waals surface area contributed by atoms with Gasteiger partial charge in [-0.05, 0) is 18.1 Å². The molecule has 0 radical (unpaired) electrons. The molecule has 0 aliphatic heterocycles. The Hall–Kier alpha value is -1.38. The first-order valence-corrected chi connectivity index (χ1v) is 4.18. The summed E-state index contributed by atoms with van der Waals surface area (Å²) in [5.41, 5.74) is 2.22. The summed E-state index contributed by atoms with van der Waals surface area (Å²) in [5, 5.41) is 7.97. The van der Waals surface area contributed by atoms with E-state index < -0.39 is 0 Å². The Kier molecular flexibility index (Phi) is 1.78. The Morgan fingerprint density at radius 2 is 2.42 bits per heavy atom. The van der Waals surface area contributed by atoms with Gasteiger partial charge in [0.25, 0.3) is 0 Å². The maximum Gasteiger partial charge on any atom is 0.155 e. The van der Waals surface area contributed by atoms with Gasteiger partial charge in [0.15, 0.2) is 5.65 Å². The van der Waals surface area contributed by atoms with Crippen molar-refractivity contribution in [3.8, 4) is 0 Å². The van der Waals surface area contributed by atoms with Gasteiger partial charge in [-0.1, -0.05) is 13.3 Å². The second-order valence-electron chi connectivity index (χ2n) is 2.85. The van der Waals surface area contributed by atoms with Gasteiger partial charge in [-0.3, -0.25) is 5.10 Å². The fourth-order valence-corrected chi connectivity index (χ4v) is 1.39. The maximum atomic E-state index is 4.17. The van der Waals surface area contributed by atoms with E-state index in [0.717, 1.165) is 23.9 Å². The van der Waals surface area contributed by atoms with Crippen LogP contribution in [0.4, 0.5) is 0 Å². The zero-order valence-corrected chi connectivity index (χ0v) is 7.04. The third-order valence-corrected chi connectivity index (χ3v) is 1.96. The first-order chi connectivity index (χ1) is 5.92. The number of fused-ring (bicyclic) bond motifs is 1. The second-order valence-corrected chi connectivity index (χ2v) is 2.85. The topological polar surface area (TPSA) is 41.6 Å². The van der Waals surface area contributed by atoms with E-state index in [2.05, 4.69) is 28.2 Å². The number of nitrogens with one attached hydrogen (secondary N) is 1. The van der Waals surface area contributed by atoms with Crippen LogP contribution in [0.2, 0.25) is 0 Å². The Bertz CT molecular complexity index is 378. The Labute approximate surface area is 70.8 Å². The minimum Gasteiger partial charge on any atom is -0.261 e. The van der Waals surface area contributed by atoms with Crippen LogP contribution in [0, 0.1) is 0 Å². The number of pyridine rings is 1. The number of aryl methyl sites for hydroxylation is 1. The number of nitrogens with zero attached hydrogens (tertiary/aromatic N) is 2. The van der Waals surface area contributed by atoms with Crippen molar-refractivity contribution >= 4 is 11.0 Å². The van der Waals surface area contributed by atoms with Crippen LogP contribution in [0.1, 0.15) is 18.9 Å². The summed E-state index contributed by atoms with van der Waals surface area (Å²) in [7, 11) is 0. The predicted molar refractivity (Wildman–Crippen MR) is 47.9 cm³/mol. The van der Waals surface area contributed by atoms with Gasteiger partial charge in [-0.15, -0.1) is 0 Å². The highest BCUT2D eigenvalue weighted by Crippen LogP contribution is 2.14. The molecule has 62 valence electrons. The lowest BCUT2D eigenvalue weighted by Gasteiger charge is -1.97. The van der Waals surface area contributed by atoms with Crippen LogP contribution in [0.15, 0.2) is 18.5 Å². The summed E-state index contributed by atoms with van der Waals surface area (Å²) in [6.07, 6.45) is 5.92. The molecule has 2 rings (SSSR count). The molecule has 2 heterocycles. The summed E-state index contributed by atoms with van der Waals surface area (Å²) in [4.78, 5) is 4.17. The lowest BCUT2D eigenvalue weighted by Crippen LogP contribution is -1.85. The van der Waals surface area contributed by atoms with Crippen LogP contribution in [-0.4, -0.2) is 15.2 Å². The number of hydrogen-bond acceptors (Lipinski definition) is 2. The molecule has 0 atom stereocenters. The van der Waals surface area contributed by atoms with Crippen molar-refractivity contribution in [2.75, 3.05) is 0 Å². The molecule has 0 aromatic carbocycles. The molecule has 0 saturated carbocycles. The van der Waals surface area contributed by atoms with Crippen LogP contribution in [0.3, 0.4) is 0 Å². The third-order valence-electron chi connectivity index (χ3n) is 1.96. The molecule has 0 unspecified atom stereocenters. The van der Waals surface area contributed by atoms with E-state index in [1.807, 2.05) is 12.4 Å². The monoisotopic (exact) mass is 161 g/mol. The molecular formula is C9H11N3. The quantitative estimate of drug-likeness (QED) is 0.731. The Morgan fingerprint density at radius 1 is 1.50 bits per heavy atom. The molecule has 0 fully saturated rings. The highest BCUT2D eigenvalue weighted by Gasteiger charge is 2.01. The average molecular weight is 161 g/mol. The summed E-state index contributed by atoms with van der Waals surface area (Å²) in [6, 6.07) is 2.06. The van der Waals surface area contributed by atoms with Gasteiger partial charge in [-0.25, -0.2) is 4.98 Å². The van der Waals surface area contributed by atoms with Crippen LogP contribution in [-0.2, 0) is 6.42 Å². The molecule has 2 aromatic rings. The smallest absolute Gasteiger partial charge is 0.155 e. The fourth-order valence-electron chi connectivity index (χ4n) is 1.39. The molecule has 1 N–H and O–H groups in total. The van der Waals surface area contributed by atoms with Gasteiger partial charge >= 0.3 is 0 Å². The van der Waals surface area contributed by atoms with E-state index in [-0.39, 0.29) is 0 Å². The number of aromatic nitrogens is 3. The molecule has 0 spiro atoms. The largest absolute Gasteiger partial charge is 0.261 e. The number of aromatic amines is 1. The molecule has 0 amide bonds. The van der Waals surface area contributed by atoms with Crippen LogP contribution >= 0.6 is 0 Å². The number of rotatable bonds is 2. The van der Waals surface area contributed by atoms with Gasteiger partial charge in [-0.2, -0.15) is 5.10 Å². The van der Waals surface area contributed by atoms with Gasteiger partial charge in [0.2, 0.25) is 0 Å². The Balaban J connectivity index is 2.57. The SMILES string of the molecule is CCCc1ccnc2[nH]ncc12. The molecule has 0 aliphatic carbocycles. The summed E-state index contributed by atoms with van der Waals surface area (Å²) in [6.45, 7) is 2.17. The van der Waals surface area contributed by atoms with E-state index in [0.29, 0.717) is 0 Å². The number of hydrogen-bond donors (Lipinski definition) is 1. The zero-order valence-electron chi connectivity index (χ0n) is 7.04. The second kappa shape index (κ2) is 2.93. The zero-order chi connectivity index (χ0) is 8.39. The molecule has 0 aliphatic rings. The van der Waals surface area contributed by atoms with Crippen molar-refractivity contribution in [2.24, 2.45) is 0 Å². The van der Waals surface area contributed by atoms with E-state index in [4.69, 9.17) is 0 Å². The lowest BCUT2D eigenvalue weighted by molar-refractivity contribution is 0.928. The van der Waals surface area contributed by atoms with Crippen molar-refractivity contribution in [1.29, 1.82) is 0 Å². The molecular weight excluding hydrogens is 150 g/mol. The van der Waals surface area contributed by atoms with E-state index in [1.165, 1.54) is 5.56 Å². The molecule has 0 saturated heterocycles. The van der Waals surface area contributed by atoms with Crippen LogP contribution in [0.5, 0.6) is 0 Å². The molecule has 0 bridgehead atoms. The van der Waals surface area contributed by atoms with Crippen molar-refractivity contribution in [3.63, 3.8) is 0 Å².